The van der Waals surface area contributed by atoms with E-state index < -0.39 is 83.7 Å². The van der Waals surface area contributed by atoms with Gasteiger partial charge in [-0.2, -0.15) is 15.3 Å². The average Bonchev–Trinajstić information content (AvgIpc) is 1.62. The summed E-state index contributed by atoms with van der Waals surface area (Å²) in [5, 5.41) is 52.3. The minimum Gasteiger partial charge on any atom is -0.481 e. The molecule has 5 aliphatic carbocycles. The van der Waals surface area contributed by atoms with Gasteiger partial charge in [-0.15, -0.1) is 0 Å². The third-order valence-electron chi connectivity index (χ3n) is 23.5. The van der Waals surface area contributed by atoms with Gasteiger partial charge in [0, 0.05) is 108 Å². The minimum atomic E-state index is -1.14. The summed E-state index contributed by atoms with van der Waals surface area (Å²) >= 11 is 0. The summed E-state index contributed by atoms with van der Waals surface area (Å²) in [7, 11) is 4.83. The SMILES string of the molecule is CC(C)(C)OC(=O)N[C@@H]1C[C@H](C(=O)O)N(C(=O)OCC2c3ccccc3-c3ccccc32)C1.CC[C@@H](/C=N/NC(=O)NCC1CCC(C(=O)NC)CC1)NC(=O)[C@@H]1C[C@@H](N)CN1C(=O)OCC1c2ccccc2-c2ccccc21.CC[C@@H](/C=N/NC(=O)NCC1CCC(C(=O)O)CC1)NC(=O)OC(C)(C)C.CC[C@H](N)/C=N/NC(=O)NCC1CCC(C(=O)NC)CC1.CN. The molecule has 37 nitrogen and oxygen atoms in total. The van der Waals surface area contributed by atoms with Gasteiger partial charge in [-0.1, -0.05) is 118 Å². The molecule has 3 saturated carbocycles. The number of aliphatic carboxylic acids is 2. The fourth-order valence-corrected chi connectivity index (χ4v) is 16.5. The van der Waals surface area contributed by atoms with Crippen LogP contribution in [0.25, 0.3) is 22.3 Å². The second kappa shape index (κ2) is 51.9. The molecule has 11 rings (SSSR count). The highest BCUT2D eigenvalue weighted by molar-refractivity contribution is 5.90. The largest absolute Gasteiger partial charge is 0.481 e. The number of hydrogen-bond donors (Lipinski definition) is 16. The van der Waals surface area contributed by atoms with Gasteiger partial charge in [-0.05, 0) is 214 Å². The lowest BCUT2D eigenvalue weighted by molar-refractivity contribution is -0.143. The molecule has 13 amide bonds. The number of amides is 13. The molecule has 0 aromatic heterocycles. The summed E-state index contributed by atoms with van der Waals surface area (Å²) in [6.07, 6.45) is 14.2. The summed E-state index contributed by atoms with van der Waals surface area (Å²) in [4.78, 5) is 148. The highest BCUT2D eigenvalue weighted by Gasteiger charge is 2.44. The molecule has 0 spiro atoms. The number of alkyl carbamates (subject to hydrolysis) is 2. The van der Waals surface area contributed by atoms with E-state index in [-0.39, 0.29) is 110 Å². The minimum absolute atomic E-state index is 0.0346. The maximum atomic E-state index is 13.3. The van der Waals surface area contributed by atoms with E-state index in [1.807, 2.05) is 93.6 Å². The van der Waals surface area contributed by atoms with Crippen molar-refractivity contribution >= 4 is 90.8 Å². The quantitative estimate of drug-likeness (QED) is 0.0150. The first-order valence-electron chi connectivity index (χ1n) is 44.8. The third-order valence-corrected chi connectivity index (χ3v) is 23.5. The molecule has 0 bridgehead atoms. The second-order valence-electron chi connectivity index (χ2n) is 35.1. The van der Waals surface area contributed by atoms with Crippen molar-refractivity contribution in [3.63, 3.8) is 0 Å². The number of nitrogens with one attached hydrogen (secondary N) is 11. The predicted molar refractivity (Wildman–Crippen MR) is 490 cm³/mol. The van der Waals surface area contributed by atoms with Gasteiger partial charge in [0.2, 0.25) is 17.7 Å². The molecule has 2 saturated heterocycles. The molecule has 4 aromatic carbocycles. The van der Waals surface area contributed by atoms with Crippen molar-refractivity contribution in [2.24, 2.45) is 68.0 Å². The number of carbonyl (C=O) groups is 12. The van der Waals surface area contributed by atoms with Crippen molar-refractivity contribution in [1.29, 1.82) is 0 Å². The van der Waals surface area contributed by atoms with Crippen molar-refractivity contribution in [3.8, 4) is 22.3 Å². The standard InChI is InChI=1S/C34H45N7O5.C25H28N2O6.C18H32N4O5.C14H27N5O2.CH5N/c1-3-24(18-38-40-33(44)37-17-21-12-14-22(15-13-21)31(42)36-2)39-32(43)30-16-23(35)19-41(30)34(45)46-20-29-27-10-6-4-8-25(27)26-9-5-7-11-28(26)29;1-25(2,3)33-23(30)26-15-12-21(22(28)29)27(13-15)24(31)32-14-20-18-10-6-4-8-16(18)17-9-5-7-11-19(17)20;1-5-14(21-17(26)27-18(2,3)4)11-20-22-16(25)19-10-12-6-8-13(9-7-12)15(23)24;1-3-12(15)9-18-19-14(21)17-8-10-4-6-11(7-5-10)13(20)16-2;1-2/h4-11,18,21-24,29-30H,3,12-17,19-20,35H2,1-2H3,(H,36,42)(H,39,43)(H2,37,40,44);4-11,15,20-21H,12-14H2,1-3H3,(H,26,30)(H,28,29);11-14H,5-10H2,1-4H3,(H,21,26)(H,23,24)(H2,19,22,25);9-12H,3-8,15H2,1-2H3,(H,16,20)(H2,17,19,21);2H2,1H3/b38-18+;;20-11+;18-9+;/t21?,22?,23-,24+,30+;15-,21-;12?,13?,14-;10?,11?,12-;/m1100./s1. The summed E-state index contributed by atoms with van der Waals surface area (Å²) in [6, 6.07) is 27.3. The third kappa shape index (κ3) is 33.2. The Balaban J connectivity index is 0.000000244. The van der Waals surface area contributed by atoms with E-state index in [2.05, 4.69) is 104 Å². The Kier molecular flexibility index (Phi) is 41.8. The molecule has 4 aromatic rings. The Labute approximate surface area is 756 Å². The number of carbonyl (C=O) groups excluding carboxylic acids is 10. The molecular weight excluding hydrogens is 1660 g/mol. The molecular formula is C92H137N19O18. The number of hydrogen-bond acceptors (Lipinski definition) is 22. The van der Waals surface area contributed by atoms with Gasteiger partial charge in [-0.3, -0.25) is 29.0 Å². The summed E-state index contributed by atoms with van der Waals surface area (Å²) in [5.41, 5.74) is 31.2. The van der Waals surface area contributed by atoms with Crippen LogP contribution < -0.4 is 76.0 Å². The zero-order chi connectivity index (χ0) is 94.5. The molecule has 5 fully saturated rings. The number of carboxylic acids is 2. The Morgan fingerprint density at radius 1 is 0.457 bits per heavy atom. The first-order valence-corrected chi connectivity index (χ1v) is 44.8. The molecule has 708 valence electrons. The van der Waals surface area contributed by atoms with E-state index in [1.165, 1.54) is 30.6 Å². The van der Waals surface area contributed by atoms with Crippen molar-refractivity contribution < 1.29 is 86.7 Å². The molecule has 0 unspecified atom stereocenters. The second-order valence-corrected chi connectivity index (χ2v) is 35.1. The van der Waals surface area contributed by atoms with Gasteiger partial charge < -0.3 is 88.9 Å². The van der Waals surface area contributed by atoms with Crippen LogP contribution in [0.2, 0.25) is 0 Å². The zero-order valence-corrected chi connectivity index (χ0v) is 76.5. The molecule has 129 heavy (non-hydrogen) atoms. The number of carboxylic acid groups (broad SMARTS) is 2. The molecule has 2 aliphatic heterocycles. The van der Waals surface area contributed by atoms with Crippen molar-refractivity contribution in [2.45, 2.75) is 237 Å². The summed E-state index contributed by atoms with van der Waals surface area (Å²) in [6.45, 7) is 18.4. The Hall–Kier alpha value is -12.0. The first kappa shape index (κ1) is 104. The lowest BCUT2D eigenvalue weighted by Gasteiger charge is -2.27. The molecule has 7 aliphatic rings. The number of fused-ring (bicyclic) bond motifs is 6. The lowest BCUT2D eigenvalue weighted by atomic mass is 9.81. The Bertz CT molecular complexity index is 4370. The Morgan fingerprint density at radius 2 is 0.814 bits per heavy atom. The number of hydrazone groups is 3. The molecule has 7 atom stereocenters. The number of benzene rings is 4. The van der Waals surface area contributed by atoms with Crippen molar-refractivity contribution in [1.82, 2.24) is 68.6 Å². The van der Waals surface area contributed by atoms with E-state index in [9.17, 15) is 62.6 Å². The smallest absolute Gasteiger partial charge is 0.410 e. The van der Waals surface area contributed by atoms with Crippen LogP contribution in [0.3, 0.4) is 0 Å². The van der Waals surface area contributed by atoms with Gasteiger partial charge in [0.15, 0.2) is 0 Å². The molecule has 37 heteroatoms. The fourth-order valence-electron chi connectivity index (χ4n) is 16.5. The number of nitrogens with two attached hydrogens (primary N) is 3. The van der Waals surface area contributed by atoms with E-state index in [0.717, 1.165) is 120 Å². The van der Waals surface area contributed by atoms with Crippen LogP contribution in [0.1, 0.15) is 206 Å². The zero-order valence-electron chi connectivity index (χ0n) is 76.5. The van der Waals surface area contributed by atoms with Crippen LogP contribution in [0.4, 0.5) is 33.6 Å². The normalized spacial score (nSPS) is 21.5. The van der Waals surface area contributed by atoms with Crippen LogP contribution in [0.15, 0.2) is 112 Å². The van der Waals surface area contributed by atoms with Gasteiger partial charge in [0.25, 0.3) is 0 Å². The van der Waals surface area contributed by atoms with Gasteiger partial charge in [0.1, 0.15) is 36.5 Å². The van der Waals surface area contributed by atoms with Crippen LogP contribution in [-0.2, 0) is 42.9 Å². The highest BCUT2D eigenvalue weighted by atomic mass is 16.6. The molecule has 0 radical (unpaired) electrons. The first-order chi connectivity index (χ1) is 61.6. The molecule has 2 heterocycles. The van der Waals surface area contributed by atoms with E-state index in [0.29, 0.717) is 63.6 Å². The number of rotatable bonds is 27. The van der Waals surface area contributed by atoms with Crippen LogP contribution in [-0.4, -0.2) is 231 Å². The van der Waals surface area contributed by atoms with Crippen molar-refractivity contribution in [3.05, 3.63) is 119 Å². The number of nitrogens with zero attached hydrogens (tertiary/aromatic N) is 5. The Morgan fingerprint density at radius 3 is 1.17 bits per heavy atom. The van der Waals surface area contributed by atoms with E-state index in [4.69, 9.17) is 35.5 Å². The van der Waals surface area contributed by atoms with Crippen molar-refractivity contribution in [2.75, 3.05) is 67.1 Å². The topological polar surface area (TPSA) is 536 Å². The summed E-state index contributed by atoms with van der Waals surface area (Å²) in [5.74, 6) is -1.29. The van der Waals surface area contributed by atoms with Crippen LogP contribution in [0, 0.1) is 35.5 Å². The van der Waals surface area contributed by atoms with Gasteiger partial charge in [0.05, 0.1) is 24.0 Å². The van der Waals surface area contributed by atoms with E-state index in [1.54, 1.807) is 55.6 Å². The predicted octanol–water partition coefficient (Wildman–Crippen LogP) is 9.66. The lowest BCUT2D eigenvalue weighted by Crippen LogP contribution is -2.49. The monoisotopic (exact) mass is 1800 g/mol. The van der Waals surface area contributed by atoms with Crippen LogP contribution >= 0.6 is 0 Å². The molecule has 19 N–H and O–H groups in total. The van der Waals surface area contributed by atoms with Gasteiger partial charge in [-0.25, -0.2) is 54.6 Å². The fraction of sp³-hybridized carbons (Fsp3) is 0.576. The maximum absolute atomic E-state index is 13.3. The highest BCUT2D eigenvalue weighted by Crippen LogP contribution is 2.46. The number of ether oxygens (including phenoxy) is 4. The number of urea groups is 3. The average molecular weight is 1800 g/mol. The van der Waals surface area contributed by atoms with Crippen LogP contribution in [0.5, 0.6) is 0 Å². The van der Waals surface area contributed by atoms with Gasteiger partial charge >= 0.3 is 54.4 Å². The number of likely N-dealkylation sites (tertiary alicyclic amines) is 2. The maximum Gasteiger partial charge on any atom is 0.410 e. The summed E-state index contributed by atoms with van der Waals surface area (Å²) < 4.78 is 21.9. The van der Waals surface area contributed by atoms with E-state index >= 15 is 0 Å².